The van der Waals surface area contributed by atoms with Crippen LogP contribution in [-0.4, -0.2) is 17.8 Å². The zero-order chi connectivity index (χ0) is 7.40. The van der Waals surface area contributed by atoms with E-state index in [9.17, 15) is 0 Å². The van der Waals surface area contributed by atoms with Gasteiger partial charge in [0.2, 0.25) is 0 Å². The fourth-order valence-corrected chi connectivity index (χ4v) is 0.996. The smallest absolute Gasteiger partial charge is 0.0471 e. The molecule has 1 aliphatic rings. The number of aliphatic hydroxyl groups is 1. The minimum absolute atomic E-state index is 0.183. The van der Waals surface area contributed by atoms with Crippen molar-refractivity contribution in [2.45, 2.75) is 18.9 Å². The van der Waals surface area contributed by atoms with E-state index in [1.165, 1.54) is 5.57 Å². The van der Waals surface area contributed by atoms with E-state index >= 15 is 0 Å². The number of hydrogen-bond acceptors (Lipinski definition) is 2. The van der Waals surface area contributed by atoms with E-state index in [-0.39, 0.29) is 12.6 Å². The van der Waals surface area contributed by atoms with E-state index in [2.05, 4.69) is 6.08 Å². The quantitative estimate of drug-likeness (QED) is 0.588. The minimum Gasteiger partial charge on any atom is -0.396 e. The molecule has 2 nitrogen and oxygen atoms in total. The number of hydrogen-bond donors (Lipinski definition) is 2. The second-order valence-corrected chi connectivity index (χ2v) is 2.51. The Kier molecular flexibility index (Phi) is 2.66. The Balaban J connectivity index is 2.42. The molecule has 0 bridgehead atoms. The second kappa shape index (κ2) is 3.54. The summed E-state index contributed by atoms with van der Waals surface area (Å²) in [6.45, 7) is 0.228. The summed E-state index contributed by atoms with van der Waals surface area (Å²) in [5.74, 6) is 0. The summed E-state index contributed by atoms with van der Waals surface area (Å²) in [6, 6.07) is 0.183. The molecule has 0 fully saturated rings. The van der Waals surface area contributed by atoms with Gasteiger partial charge >= 0.3 is 0 Å². The Morgan fingerprint density at radius 2 is 2.50 bits per heavy atom. The molecular formula is C8H13NO. The first-order valence-corrected chi connectivity index (χ1v) is 3.56. The van der Waals surface area contributed by atoms with Gasteiger partial charge < -0.3 is 10.8 Å². The van der Waals surface area contributed by atoms with Gasteiger partial charge in [-0.05, 0) is 18.4 Å². The van der Waals surface area contributed by atoms with Crippen molar-refractivity contribution in [1.82, 2.24) is 0 Å². The fraction of sp³-hybridized carbons (Fsp3) is 0.500. The number of allylic oxidation sites excluding steroid dienone is 1. The highest BCUT2D eigenvalue weighted by atomic mass is 16.2. The third-order valence-corrected chi connectivity index (χ3v) is 1.61. The Labute approximate surface area is 61.0 Å². The van der Waals surface area contributed by atoms with Crippen LogP contribution in [0.25, 0.3) is 0 Å². The third kappa shape index (κ3) is 1.97. The van der Waals surface area contributed by atoms with Gasteiger partial charge in [-0.25, -0.2) is 0 Å². The highest BCUT2D eigenvalue weighted by molar-refractivity contribution is 5.24. The second-order valence-electron chi connectivity index (χ2n) is 2.51. The van der Waals surface area contributed by atoms with Crippen molar-refractivity contribution < 1.29 is 5.11 Å². The predicted molar refractivity (Wildman–Crippen MR) is 41.5 cm³/mol. The maximum Gasteiger partial charge on any atom is 0.0471 e. The van der Waals surface area contributed by atoms with Gasteiger partial charge in [-0.15, -0.1) is 0 Å². The lowest BCUT2D eigenvalue weighted by Gasteiger charge is -2.10. The molecule has 10 heavy (non-hydrogen) atoms. The first-order chi connectivity index (χ1) is 4.83. The minimum atomic E-state index is 0.183. The maximum absolute atomic E-state index is 8.58. The van der Waals surface area contributed by atoms with Crippen molar-refractivity contribution in [2.75, 3.05) is 6.61 Å². The largest absolute Gasteiger partial charge is 0.396 e. The summed E-state index contributed by atoms with van der Waals surface area (Å²) in [6.07, 6.45) is 7.71. The lowest BCUT2D eigenvalue weighted by Crippen LogP contribution is -2.17. The van der Waals surface area contributed by atoms with Crippen LogP contribution in [0.4, 0.5) is 0 Å². The topological polar surface area (TPSA) is 46.2 Å². The van der Waals surface area contributed by atoms with Crippen LogP contribution >= 0.6 is 0 Å². The molecule has 1 rings (SSSR count). The normalized spacial score (nSPS) is 24.6. The highest BCUT2D eigenvalue weighted by Gasteiger charge is 2.01. The Morgan fingerprint density at radius 1 is 1.70 bits per heavy atom. The molecule has 0 heterocycles. The van der Waals surface area contributed by atoms with E-state index < -0.39 is 0 Å². The van der Waals surface area contributed by atoms with Crippen molar-refractivity contribution in [3.63, 3.8) is 0 Å². The molecule has 56 valence electrons. The number of nitrogens with two attached hydrogens (primary N) is 1. The van der Waals surface area contributed by atoms with Gasteiger partial charge in [0.1, 0.15) is 0 Å². The molecular weight excluding hydrogens is 126 g/mol. The molecule has 0 aromatic rings. The molecule has 0 radical (unpaired) electrons. The first-order valence-electron chi connectivity index (χ1n) is 3.56. The zero-order valence-electron chi connectivity index (χ0n) is 5.96. The molecule has 3 N–H and O–H groups in total. The van der Waals surface area contributed by atoms with Gasteiger partial charge in [0, 0.05) is 12.6 Å². The average molecular weight is 139 g/mol. The van der Waals surface area contributed by atoms with Crippen molar-refractivity contribution in [3.05, 3.63) is 23.8 Å². The van der Waals surface area contributed by atoms with Crippen LogP contribution in [0.15, 0.2) is 23.8 Å². The van der Waals surface area contributed by atoms with E-state index in [0.717, 1.165) is 12.8 Å². The summed E-state index contributed by atoms with van der Waals surface area (Å²) in [4.78, 5) is 0. The summed E-state index contributed by atoms with van der Waals surface area (Å²) in [5.41, 5.74) is 6.80. The van der Waals surface area contributed by atoms with Crippen LogP contribution < -0.4 is 5.73 Å². The van der Waals surface area contributed by atoms with E-state index in [4.69, 9.17) is 10.8 Å². The Hall–Kier alpha value is -0.600. The molecule has 1 aliphatic carbocycles. The molecule has 0 saturated carbocycles. The van der Waals surface area contributed by atoms with Crippen molar-refractivity contribution in [2.24, 2.45) is 5.73 Å². The first kappa shape index (κ1) is 7.51. The highest BCUT2D eigenvalue weighted by Crippen LogP contribution is 2.11. The van der Waals surface area contributed by atoms with Crippen LogP contribution in [0.3, 0.4) is 0 Å². The SMILES string of the molecule is NC1C=CC(CCO)=CC1. The van der Waals surface area contributed by atoms with E-state index in [0.29, 0.717) is 0 Å². The number of rotatable bonds is 2. The summed E-state index contributed by atoms with van der Waals surface area (Å²) in [5, 5.41) is 8.58. The predicted octanol–water partition coefficient (Wildman–Crippen LogP) is 0.582. The molecule has 0 saturated heterocycles. The van der Waals surface area contributed by atoms with Crippen LogP contribution in [0, 0.1) is 0 Å². The van der Waals surface area contributed by atoms with Gasteiger partial charge in [0.05, 0.1) is 0 Å². The lowest BCUT2D eigenvalue weighted by molar-refractivity contribution is 0.300. The average Bonchev–Trinajstić information content (AvgIpc) is 1.95. The standard InChI is InChI=1S/C8H13NO/c9-8-3-1-7(2-4-8)5-6-10/h1-3,8,10H,4-6,9H2. The van der Waals surface area contributed by atoms with Crippen LogP contribution in [0.5, 0.6) is 0 Å². The van der Waals surface area contributed by atoms with Gasteiger partial charge in [-0.1, -0.05) is 18.2 Å². The van der Waals surface area contributed by atoms with Gasteiger partial charge in [-0.2, -0.15) is 0 Å². The van der Waals surface area contributed by atoms with Gasteiger partial charge in [0.25, 0.3) is 0 Å². The molecule has 0 aromatic carbocycles. The molecule has 0 spiro atoms. The monoisotopic (exact) mass is 139 g/mol. The fourth-order valence-electron chi connectivity index (χ4n) is 0.996. The summed E-state index contributed by atoms with van der Waals surface area (Å²) < 4.78 is 0. The summed E-state index contributed by atoms with van der Waals surface area (Å²) in [7, 11) is 0. The Bertz CT molecular complexity index is 161. The molecule has 2 heteroatoms. The van der Waals surface area contributed by atoms with Crippen molar-refractivity contribution in [3.8, 4) is 0 Å². The molecule has 1 unspecified atom stereocenters. The van der Waals surface area contributed by atoms with E-state index in [1.807, 2.05) is 12.2 Å². The maximum atomic E-state index is 8.58. The van der Waals surface area contributed by atoms with Crippen molar-refractivity contribution >= 4 is 0 Å². The zero-order valence-corrected chi connectivity index (χ0v) is 5.96. The van der Waals surface area contributed by atoms with E-state index in [1.54, 1.807) is 0 Å². The van der Waals surface area contributed by atoms with Gasteiger partial charge in [-0.3, -0.25) is 0 Å². The van der Waals surface area contributed by atoms with Gasteiger partial charge in [0.15, 0.2) is 0 Å². The molecule has 0 aliphatic heterocycles. The van der Waals surface area contributed by atoms with Crippen LogP contribution in [-0.2, 0) is 0 Å². The van der Waals surface area contributed by atoms with Crippen LogP contribution in [0.2, 0.25) is 0 Å². The third-order valence-electron chi connectivity index (χ3n) is 1.61. The molecule has 1 atom stereocenters. The summed E-state index contributed by atoms with van der Waals surface area (Å²) >= 11 is 0. The molecule has 0 aromatic heterocycles. The molecule has 0 amide bonds. The van der Waals surface area contributed by atoms with Crippen LogP contribution in [0.1, 0.15) is 12.8 Å². The Morgan fingerprint density at radius 3 is 3.00 bits per heavy atom. The lowest BCUT2D eigenvalue weighted by atomic mass is 10.0. The number of aliphatic hydroxyl groups excluding tert-OH is 1. The van der Waals surface area contributed by atoms with Crippen molar-refractivity contribution in [1.29, 1.82) is 0 Å².